The lowest BCUT2D eigenvalue weighted by Crippen LogP contribution is -2.54. The molecule has 130 valence electrons. The van der Waals surface area contributed by atoms with Crippen molar-refractivity contribution in [2.45, 2.75) is 38.4 Å². The van der Waals surface area contributed by atoms with E-state index in [1.807, 2.05) is 0 Å². The molecule has 1 aromatic rings. The van der Waals surface area contributed by atoms with E-state index in [2.05, 4.69) is 0 Å². The second-order valence-corrected chi connectivity index (χ2v) is 6.24. The minimum absolute atomic E-state index is 0.363. The number of benzene rings is 1. The molecule has 0 radical (unpaired) electrons. The SMILES string of the molecule is CC(C)(C)OC(Cc1ccc(/C=C/C(=O)O)cc1)(C(=O)O)C(=O)O. The number of carboxylic acids is 3. The van der Waals surface area contributed by atoms with Crippen molar-refractivity contribution in [2.24, 2.45) is 0 Å². The monoisotopic (exact) mass is 336 g/mol. The second kappa shape index (κ2) is 7.27. The Morgan fingerprint density at radius 1 is 1.00 bits per heavy atom. The molecule has 0 saturated carbocycles. The Morgan fingerprint density at radius 2 is 1.50 bits per heavy atom. The van der Waals surface area contributed by atoms with Crippen LogP contribution in [-0.4, -0.2) is 44.4 Å². The molecule has 0 bridgehead atoms. The number of hydrogen-bond acceptors (Lipinski definition) is 4. The quantitative estimate of drug-likeness (QED) is 0.514. The molecule has 0 aromatic heterocycles. The lowest BCUT2D eigenvalue weighted by molar-refractivity contribution is -0.199. The van der Waals surface area contributed by atoms with Crippen LogP contribution in [0.1, 0.15) is 31.9 Å². The molecule has 1 rings (SSSR count). The highest BCUT2D eigenvalue weighted by atomic mass is 16.6. The Hall–Kier alpha value is -2.67. The molecule has 0 aliphatic rings. The summed E-state index contributed by atoms with van der Waals surface area (Å²) in [5.41, 5.74) is -2.34. The van der Waals surface area contributed by atoms with Crippen LogP contribution in [0.5, 0.6) is 0 Å². The Bertz CT molecular complexity index is 637. The smallest absolute Gasteiger partial charge is 0.348 e. The molecule has 0 heterocycles. The molecule has 0 saturated heterocycles. The van der Waals surface area contributed by atoms with Crippen molar-refractivity contribution < 1.29 is 34.4 Å². The molecule has 0 spiro atoms. The van der Waals surface area contributed by atoms with E-state index in [4.69, 9.17) is 9.84 Å². The average molecular weight is 336 g/mol. The van der Waals surface area contributed by atoms with Crippen LogP contribution in [-0.2, 0) is 25.5 Å². The van der Waals surface area contributed by atoms with E-state index in [-0.39, 0.29) is 6.42 Å². The summed E-state index contributed by atoms with van der Waals surface area (Å²) >= 11 is 0. The number of ether oxygens (including phenoxy) is 1. The van der Waals surface area contributed by atoms with Gasteiger partial charge in [0.25, 0.3) is 5.60 Å². The summed E-state index contributed by atoms with van der Waals surface area (Å²) in [6, 6.07) is 6.21. The molecule has 0 atom stereocenters. The summed E-state index contributed by atoms with van der Waals surface area (Å²) < 4.78 is 5.37. The summed E-state index contributed by atoms with van der Waals surface area (Å²) in [4.78, 5) is 33.7. The van der Waals surface area contributed by atoms with Crippen molar-refractivity contribution >= 4 is 24.0 Å². The molecule has 3 N–H and O–H groups in total. The maximum absolute atomic E-state index is 11.6. The number of hydrogen-bond donors (Lipinski definition) is 3. The Labute approximate surface area is 139 Å². The van der Waals surface area contributed by atoms with E-state index < -0.39 is 29.1 Å². The van der Waals surface area contributed by atoms with Crippen molar-refractivity contribution in [3.63, 3.8) is 0 Å². The van der Waals surface area contributed by atoms with E-state index in [1.165, 1.54) is 18.2 Å². The maximum Gasteiger partial charge on any atom is 0.348 e. The van der Waals surface area contributed by atoms with Gasteiger partial charge in [0.05, 0.1) is 5.60 Å². The summed E-state index contributed by atoms with van der Waals surface area (Å²) in [6.07, 6.45) is 1.98. The summed E-state index contributed by atoms with van der Waals surface area (Å²) in [7, 11) is 0. The summed E-state index contributed by atoms with van der Waals surface area (Å²) in [6.45, 7) is 4.73. The van der Waals surface area contributed by atoms with Gasteiger partial charge >= 0.3 is 17.9 Å². The lowest BCUT2D eigenvalue weighted by atomic mass is 9.92. The van der Waals surface area contributed by atoms with Gasteiger partial charge in [-0.25, -0.2) is 14.4 Å². The zero-order valence-corrected chi connectivity index (χ0v) is 13.6. The van der Waals surface area contributed by atoms with Gasteiger partial charge < -0.3 is 20.1 Å². The van der Waals surface area contributed by atoms with Gasteiger partial charge in [-0.3, -0.25) is 0 Å². The predicted molar refractivity (Wildman–Crippen MR) is 85.7 cm³/mol. The van der Waals surface area contributed by atoms with Crippen LogP contribution >= 0.6 is 0 Å². The standard InChI is InChI=1S/C17H20O7/c1-16(2,3)24-17(14(20)21,15(22)23)10-12-6-4-11(5-7-12)8-9-13(18)19/h4-9H,10H2,1-3H3,(H,18,19)(H,20,21)(H,22,23)/b9-8+. The molecule has 7 heteroatoms. The molecule has 0 aliphatic carbocycles. The second-order valence-electron chi connectivity index (χ2n) is 6.24. The Balaban J connectivity index is 3.13. The van der Waals surface area contributed by atoms with Crippen LogP contribution < -0.4 is 0 Å². The molecule has 7 nitrogen and oxygen atoms in total. The number of carbonyl (C=O) groups is 3. The molecule has 0 amide bonds. The Kier molecular flexibility index (Phi) is 5.87. The van der Waals surface area contributed by atoms with Gasteiger partial charge in [-0.05, 0) is 38.0 Å². The fraction of sp³-hybridized carbons (Fsp3) is 0.353. The topological polar surface area (TPSA) is 121 Å². The molecular weight excluding hydrogens is 316 g/mol. The first-order chi connectivity index (χ1) is 11.0. The third-order valence-corrected chi connectivity index (χ3v) is 3.02. The van der Waals surface area contributed by atoms with Crippen LogP contribution in [0, 0.1) is 0 Å². The van der Waals surface area contributed by atoms with Crippen molar-refractivity contribution in [3.05, 3.63) is 41.5 Å². The van der Waals surface area contributed by atoms with Gasteiger partial charge in [-0.2, -0.15) is 0 Å². The predicted octanol–water partition coefficient (Wildman–Crippen LogP) is 2.05. The number of carboxylic acid groups (broad SMARTS) is 3. The fourth-order valence-electron chi connectivity index (χ4n) is 2.09. The van der Waals surface area contributed by atoms with Crippen molar-refractivity contribution in [1.29, 1.82) is 0 Å². The first-order valence-electron chi connectivity index (χ1n) is 7.13. The highest BCUT2D eigenvalue weighted by Crippen LogP contribution is 2.26. The fourth-order valence-corrected chi connectivity index (χ4v) is 2.09. The van der Waals surface area contributed by atoms with Crippen molar-refractivity contribution in [3.8, 4) is 0 Å². The molecule has 0 unspecified atom stereocenters. The van der Waals surface area contributed by atoms with Crippen LogP contribution in [0.15, 0.2) is 30.3 Å². The normalized spacial score (nSPS) is 12.3. The number of aliphatic carboxylic acids is 3. The maximum atomic E-state index is 11.6. The minimum atomic E-state index is -2.41. The molecule has 24 heavy (non-hydrogen) atoms. The van der Waals surface area contributed by atoms with E-state index in [0.717, 1.165) is 6.08 Å². The third-order valence-electron chi connectivity index (χ3n) is 3.02. The largest absolute Gasteiger partial charge is 0.479 e. The average Bonchev–Trinajstić information content (AvgIpc) is 2.43. The first kappa shape index (κ1) is 19.4. The van der Waals surface area contributed by atoms with Gasteiger partial charge in [0.15, 0.2) is 0 Å². The van der Waals surface area contributed by atoms with Crippen LogP contribution in [0.2, 0.25) is 0 Å². The van der Waals surface area contributed by atoms with E-state index in [9.17, 15) is 24.6 Å². The van der Waals surface area contributed by atoms with Gasteiger partial charge in [0, 0.05) is 12.5 Å². The van der Waals surface area contributed by atoms with E-state index in [1.54, 1.807) is 32.9 Å². The highest BCUT2D eigenvalue weighted by Gasteiger charge is 2.50. The van der Waals surface area contributed by atoms with Gasteiger partial charge in [0.1, 0.15) is 0 Å². The van der Waals surface area contributed by atoms with E-state index >= 15 is 0 Å². The zero-order valence-electron chi connectivity index (χ0n) is 13.6. The van der Waals surface area contributed by atoms with Crippen LogP contribution in [0.4, 0.5) is 0 Å². The van der Waals surface area contributed by atoms with Gasteiger partial charge in [-0.1, -0.05) is 24.3 Å². The van der Waals surface area contributed by atoms with Crippen molar-refractivity contribution in [1.82, 2.24) is 0 Å². The Morgan fingerprint density at radius 3 is 1.88 bits per heavy atom. The summed E-state index contributed by atoms with van der Waals surface area (Å²) in [5.74, 6) is -4.26. The summed E-state index contributed by atoms with van der Waals surface area (Å²) in [5, 5.41) is 27.5. The van der Waals surface area contributed by atoms with Gasteiger partial charge in [-0.15, -0.1) is 0 Å². The molecule has 0 aliphatic heterocycles. The van der Waals surface area contributed by atoms with Crippen LogP contribution in [0.3, 0.4) is 0 Å². The van der Waals surface area contributed by atoms with Crippen molar-refractivity contribution in [2.75, 3.05) is 0 Å². The first-order valence-corrected chi connectivity index (χ1v) is 7.13. The molecular formula is C17H20O7. The van der Waals surface area contributed by atoms with Crippen LogP contribution in [0.25, 0.3) is 6.08 Å². The number of rotatable bonds is 7. The lowest BCUT2D eigenvalue weighted by Gasteiger charge is -2.32. The third kappa shape index (κ3) is 5.20. The molecule has 1 aromatic carbocycles. The molecule has 0 fully saturated rings. The highest BCUT2D eigenvalue weighted by molar-refractivity contribution is 6.02. The van der Waals surface area contributed by atoms with E-state index in [0.29, 0.717) is 11.1 Å². The minimum Gasteiger partial charge on any atom is -0.479 e. The zero-order chi connectivity index (χ0) is 18.5. The van der Waals surface area contributed by atoms with Gasteiger partial charge in [0.2, 0.25) is 0 Å².